The molecule has 2 unspecified atom stereocenters. The number of unbranched alkanes of at least 4 members (excludes halogenated alkanes) is 1. The third-order valence-electron chi connectivity index (χ3n) is 3.93. The number of carbonyl (C=O) groups excluding carboxylic acids is 2. The van der Waals surface area contributed by atoms with E-state index in [4.69, 9.17) is 5.11 Å². The van der Waals surface area contributed by atoms with Gasteiger partial charge in [-0.15, -0.1) is 0 Å². The van der Waals surface area contributed by atoms with E-state index in [-0.39, 0.29) is 30.3 Å². The lowest BCUT2D eigenvalue weighted by Crippen LogP contribution is -2.60. The van der Waals surface area contributed by atoms with Gasteiger partial charge >= 0.3 is 12.0 Å². The number of nitrogens with one attached hydrogen (secondary N) is 1. The van der Waals surface area contributed by atoms with Crippen LogP contribution < -0.4 is 5.32 Å². The van der Waals surface area contributed by atoms with E-state index in [9.17, 15) is 14.4 Å². The number of carbonyl (C=O) groups is 3. The van der Waals surface area contributed by atoms with Crippen molar-refractivity contribution in [1.29, 1.82) is 0 Å². The number of amides is 3. The van der Waals surface area contributed by atoms with E-state index in [1.807, 2.05) is 0 Å². The number of nitrogens with zero attached hydrogens (tertiary/aromatic N) is 1. The Hall–Kier alpha value is -1.59. The summed E-state index contributed by atoms with van der Waals surface area (Å²) >= 11 is 0. The van der Waals surface area contributed by atoms with E-state index < -0.39 is 5.97 Å². The minimum absolute atomic E-state index is 0.00372. The van der Waals surface area contributed by atoms with Gasteiger partial charge in [0.2, 0.25) is 5.91 Å². The number of fused-ring (bicyclic) bond motifs is 1. The van der Waals surface area contributed by atoms with Crippen molar-refractivity contribution in [3.05, 3.63) is 0 Å². The van der Waals surface area contributed by atoms with Gasteiger partial charge in [0.25, 0.3) is 0 Å². The molecular weight excluding hydrogens is 248 g/mol. The smallest absolute Gasteiger partial charge is 0.324 e. The average Bonchev–Trinajstić information content (AvgIpc) is 2.37. The number of carboxylic acid groups (broad SMARTS) is 1. The van der Waals surface area contributed by atoms with Gasteiger partial charge in [-0.1, -0.05) is 12.8 Å². The Balaban J connectivity index is 1.87. The number of rotatable bonds is 5. The van der Waals surface area contributed by atoms with Gasteiger partial charge in [-0.3, -0.25) is 14.5 Å². The Kier molecular flexibility index (Phi) is 4.39. The summed E-state index contributed by atoms with van der Waals surface area (Å²) in [7, 11) is 0. The lowest BCUT2D eigenvalue weighted by atomic mass is 9.82. The van der Waals surface area contributed by atoms with Crippen LogP contribution in [0.15, 0.2) is 0 Å². The minimum atomic E-state index is -0.846. The highest BCUT2D eigenvalue weighted by molar-refractivity contribution is 5.98. The van der Waals surface area contributed by atoms with Gasteiger partial charge in [0.1, 0.15) is 0 Å². The average molecular weight is 268 g/mol. The number of urea groups is 1. The molecule has 2 N–H and O–H groups in total. The van der Waals surface area contributed by atoms with Crippen LogP contribution in [0, 0.1) is 5.92 Å². The van der Waals surface area contributed by atoms with Gasteiger partial charge in [-0.25, -0.2) is 4.79 Å². The number of hydrogen-bond donors (Lipinski definition) is 2. The zero-order valence-electron chi connectivity index (χ0n) is 10.9. The maximum atomic E-state index is 12.2. The fourth-order valence-corrected chi connectivity index (χ4v) is 2.89. The topological polar surface area (TPSA) is 86.7 Å². The minimum Gasteiger partial charge on any atom is -0.481 e. The largest absolute Gasteiger partial charge is 0.481 e. The molecule has 1 heterocycles. The van der Waals surface area contributed by atoms with Crippen LogP contribution in [-0.2, 0) is 9.59 Å². The number of hydrogen-bond acceptors (Lipinski definition) is 3. The van der Waals surface area contributed by atoms with Crippen molar-refractivity contribution < 1.29 is 19.5 Å². The van der Waals surface area contributed by atoms with Crippen molar-refractivity contribution in [3.63, 3.8) is 0 Å². The molecule has 0 spiro atoms. The van der Waals surface area contributed by atoms with Crippen LogP contribution in [0.3, 0.4) is 0 Å². The first-order chi connectivity index (χ1) is 9.09. The zero-order valence-corrected chi connectivity index (χ0v) is 10.9. The van der Waals surface area contributed by atoms with Gasteiger partial charge in [-0.2, -0.15) is 0 Å². The van der Waals surface area contributed by atoms with Crippen LogP contribution in [-0.4, -0.2) is 40.5 Å². The van der Waals surface area contributed by atoms with E-state index in [1.165, 1.54) is 4.90 Å². The molecular formula is C13H20N2O4. The summed E-state index contributed by atoms with van der Waals surface area (Å²) in [5, 5.41) is 11.4. The van der Waals surface area contributed by atoms with Gasteiger partial charge in [0, 0.05) is 19.0 Å². The van der Waals surface area contributed by atoms with Gasteiger partial charge in [0.15, 0.2) is 0 Å². The van der Waals surface area contributed by atoms with Crippen molar-refractivity contribution in [2.45, 2.75) is 51.0 Å². The summed E-state index contributed by atoms with van der Waals surface area (Å²) in [6.45, 7) is 0.321. The second-order valence-corrected chi connectivity index (χ2v) is 5.29. The number of carboxylic acids is 1. The SMILES string of the molecule is O=C(O)CCCCN1C(=O)NC2CCCCC2C1=O. The second-order valence-electron chi connectivity index (χ2n) is 5.29. The molecule has 3 amide bonds. The van der Waals surface area contributed by atoms with Crippen molar-refractivity contribution in [1.82, 2.24) is 10.2 Å². The van der Waals surface area contributed by atoms with E-state index in [0.717, 1.165) is 25.7 Å². The molecule has 1 saturated carbocycles. The normalized spacial score (nSPS) is 26.8. The standard InChI is InChI=1S/C13H20N2O4/c16-11(17)7-3-4-8-15-12(18)9-5-1-2-6-10(9)14-13(15)19/h9-10H,1-8H2,(H,14,19)(H,16,17). The molecule has 6 heteroatoms. The lowest BCUT2D eigenvalue weighted by molar-refractivity contribution is -0.137. The molecule has 2 rings (SSSR count). The maximum absolute atomic E-state index is 12.2. The monoisotopic (exact) mass is 268 g/mol. The molecule has 6 nitrogen and oxygen atoms in total. The number of aliphatic carboxylic acids is 1. The molecule has 0 radical (unpaired) electrons. The Labute approximate surface area is 112 Å². The van der Waals surface area contributed by atoms with Crippen molar-refractivity contribution >= 4 is 17.9 Å². The third-order valence-corrected chi connectivity index (χ3v) is 3.93. The summed E-state index contributed by atoms with van der Waals surface area (Å²) in [6.07, 6.45) is 4.94. The van der Waals surface area contributed by atoms with Crippen molar-refractivity contribution in [2.75, 3.05) is 6.54 Å². The fourth-order valence-electron chi connectivity index (χ4n) is 2.89. The van der Waals surface area contributed by atoms with Crippen molar-refractivity contribution in [2.24, 2.45) is 5.92 Å². The maximum Gasteiger partial charge on any atom is 0.324 e. The van der Waals surface area contributed by atoms with Gasteiger partial charge in [-0.05, 0) is 25.7 Å². The molecule has 0 aromatic heterocycles. The van der Waals surface area contributed by atoms with Crippen LogP contribution >= 0.6 is 0 Å². The molecule has 0 bridgehead atoms. The molecule has 1 aliphatic carbocycles. The Morgan fingerprint density at radius 3 is 2.74 bits per heavy atom. The van der Waals surface area contributed by atoms with Crippen LogP contribution in [0.5, 0.6) is 0 Å². The first-order valence-electron chi connectivity index (χ1n) is 6.93. The lowest BCUT2D eigenvalue weighted by Gasteiger charge is -2.39. The zero-order chi connectivity index (χ0) is 13.8. The van der Waals surface area contributed by atoms with E-state index >= 15 is 0 Å². The van der Waals surface area contributed by atoms with Crippen LogP contribution in [0.25, 0.3) is 0 Å². The Morgan fingerprint density at radius 2 is 2.00 bits per heavy atom. The van der Waals surface area contributed by atoms with Gasteiger partial charge < -0.3 is 10.4 Å². The van der Waals surface area contributed by atoms with Crippen LogP contribution in [0.1, 0.15) is 44.9 Å². The summed E-state index contributed by atoms with van der Waals surface area (Å²) in [5.74, 6) is -1.00. The molecule has 2 atom stereocenters. The second kappa shape index (κ2) is 6.04. The molecule has 106 valence electrons. The first kappa shape index (κ1) is 13.8. The van der Waals surface area contributed by atoms with Gasteiger partial charge in [0.05, 0.1) is 5.92 Å². The van der Waals surface area contributed by atoms with Crippen molar-refractivity contribution in [3.8, 4) is 0 Å². The highest BCUT2D eigenvalue weighted by Crippen LogP contribution is 2.29. The Bertz CT molecular complexity index is 383. The summed E-state index contributed by atoms with van der Waals surface area (Å²) < 4.78 is 0. The highest BCUT2D eigenvalue weighted by atomic mass is 16.4. The van der Waals surface area contributed by atoms with E-state index in [2.05, 4.69) is 5.32 Å². The van der Waals surface area contributed by atoms with E-state index in [1.54, 1.807) is 0 Å². The molecule has 1 saturated heterocycles. The van der Waals surface area contributed by atoms with E-state index in [0.29, 0.717) is 19.4 Å². The number of imide groups is 1. The third kappa shape index (κ3) is 3.24. The molecule has 0 aromatic carbocycles. The summed E-state index contributed by atoms with van der Waals surface area (Å²) in [4.78, 5) is 35.8. The summed E-state index contributed by atoms with van der Waals surface area (Å²) in [5.41, 5.74) is 0. The predicted molar refractivity (Wildman–Crippen MR) is 67.5 cm³/mol. The predicted octanol–water partition coefficient (Wildman–Crippen LogP) is 1.35. The summed E-state index contributed by atoms with van der Waals surface area (Å²) in [6, 6.07) is -0.313. The quantitative estimate of drug-likeness (QED) is 0.737. The molecule has 2 fully saturated rings. The molecule has 19 heavy (non-hydrogen) atoms. The Morgan fingerprint density at radius 1 is 1.26 bits per heavy atom. The first-order valence-corrected chi connectivity index (χ1v) is 6.93. The fraction of sp³-hybridized carbons (Fsp3) is 0.769. The van der Waals surface area contributed by atoms with Crippen LogP contribution in [0.2, 0.25) is 0 Å². The molecule has 0 aromatic rings. The highest BCUT2D eigenvalue weighted by Gasteiger charge is 2.41. The molecule has 2 aliphatic rings. The van der Waals surface area contributed by atoms with Crippen LogP contribution in [0.4, 0.5) is 4.79 Å². The molecule has 1 aliphatic heterocycles.